The lowest BCUT2D eigenvalue weighted by Crippen LogP contribution is -1.96. The molecule has 1 N–H and O–H groups in total. The molecule has 0 aliphatic rings. The van der Waals surface area contributed by atoms with Gasteiger partial charge in [-0.1, -0.05) is 30.3 Å². The maximum absolute atomic E-state index is 13.0. The van der Waals surface area contributed by atoms with Crippen LogP contribution >= 0.6 is 0 Å². The van der Waals surface area contributed by atoms with Crippen LogP contribution in [0.25, 0.3) is 22.6 Å². The molecular weight excluding hydrogens is 255 g/mol. The van der Waals surface area contributed by atoms with E-state index in [9.17, 15) is 9.60 Å². The van der Waals surface area contributed by atoms with Crippen LogP contribution in [0.2, 0.25) is 0 Å². The Bertz CT molecular complexity index is 733. The summed E-state index contributed by atoms with van der Waals surface area (Å²) in [5.74, 6) is 0.0890. The quantitative estimate of drug-likeness (QED) is 0.716. The van der Waals surface area contributed by atoms with Gasteiger partial charge in [-0.15, -0.1) is 0 Å². The highest BCUT2D eigenvalue weighted by Gasteiger charge is 2.15. The first-order valence-electron chi connectivity index (χ1n) is 6.27. The first kappa shape index (κ1) is 12.4. The molecule has 100 valence electrons. The van der Waals surface area contributed by atoms with E-state index in [1.54, 1.807) is 19.1 Å². The average molecular weight is 268 g/mol. The van der Waals surface area contributed by atoms with Gasteiger partial charge < -0.3 is 5.21 Å². The van der Waals surface area contributed by atoms with Crippen molar-refractivity contribution in [1.82, 2.24) is 9.71 Å². The van der Waals surface area contributed by atoms with Gasteiger partial charge in [-0.3, -0.25) is 0 Å². The minimum atomic E-state index is -0.315. The Balaban J connectivity index is 2.13. The van der Waals surface area contributed by atoms with Crippen LogP contribution in [-0.2, 0) is 0 Å². The van der Waals surface area contributed by atoms with Gasteiger partial charge in [0.1, 0.15) is 5.82 Å². The molecule has 0 spiro atoms. The summed E-state index contributed by atoms with van der Waals surface area (Å²) in [5, 5.41) is 10.2. The van der Waals surface area contributed by atoms with Gasteiger partial charge in [0, 0.05) is 11.1 Å². The fourth-order valence-corrected chi connectivity index (χ4v) is 2.15. The van der Waals surface area contributed by atoms with Crippen molar-refractivity contribution in [2.75, 3.05) is 0 Å². The summed E-state index contributed by atoms with van der Waals surface area (Å²) < 4.78 is 14.0. The number of aromatic nitrogens is 2. The maximum Gasteiger partial charge on any atom is 0.176 e. The summed E-state index contributed by atoms with van der Waals surface area (Å²) in [6, 6.07) is 15.5. The number of imidazole rings is 1. The summed E-state index contributed by atoms with van der Waals surface area (Å²) >= 11 is 0. The normalized spacial score (nSPS) is 10.7. The van der Waals surface area contributed by atoms with Gasteiger partial charge >= 0.3 is 0 Å². The zero-order valence-corrected chi connectivity index (χ0v) is 10.9. The molecule has 0 aliphatic carbocycles. The Hall–Kier alpha value is -2.62. The van der Waals surface area contributed by atoms with Gasteiger partial charge in [0.15, 0.2) is 5.82 Å². The van der Waals surface area contributed by atoms with E-state index in [1.165, 1.54) is 12.1 Å². The van der Waals surface area contributed by atoms with Gasteiger partial charge in [0.25, 0.3) is 0 Å². The molecule has 0 saturated heterocycles. The van der Waals surface area contributed by atoms with E-state index in [1.807, 2.05) is 30.3 Å². The van der Waals surface area contributed by atoms with Crippen molar-refractivity contribution in [3.63, 3.8) is 0 Å². The van der Waals surface area contributed by atoms with Crippen LogP contribution in [0.3, 0.4) is 0 Å². The molecule has 0 amide bonds. The van der Waals surface area contributed by atoms with Gasteiger partial charge in [-0.2, -0.15) is 4.73 Å². The molecular formula is C16H13FN2O. The van der Waals surface area contributed by atoms with Crippen molar-refractivity contribution in [2.45, 2.75) is 6.92 Å². The lowest BCUT2D eigenvalue weighted by atomic mass is 10.1. The molecule has 3 rings (SSSR count). The van der Waals surface area contributed by atoms with E-state index in [-0.39, 0.29) is 5.82 Å². The minimum absolute atomic E-state index is 0.315. The molecule has 20 heavy (non-hydrogen) atoms. The lowest BCUT2D eigenvalue weighted by molar-refractivity contribution is 0.185. The van der Waals surface area contributed by atoms with Crippen molar-refractivity contribution in [1.29, 1.82) is 0 Å². The third-order valence-electron chi connectivity index (χ3n) is 3.23. The van der Waals surface area contributed by atoms with Gasteiger partial charge in [-0.25, -0.2) is 9.37 Å². The second-order valence-corrected chi connectivity index (χ2v) is 4.55. The first-order chi connectivity index (χ1) is 9.66. The summed E-state index contributed by atoms with van der Waals surface area (Å²) in [4.78, 5) is 4.47. The maximum atomic E-state index is 13.0. The Morgan fingerprint density at radius 1 is 0.950 bits per heavy atom. The Kier molecular flexibility index (Phi) is 2.99. The van der Waals surface area contributed by atoms with Crippen LogP contribution in [0.5, 0.6) is 0 Å². The van der Waals surface area contributed by atoms with E-state index >= 15 is 0 Å². The number of benzene rings is 2. The molecule has 0 aliphatic heterocycles. The van der Waals surface area contributed by atoms with Crippen molar-refractivity contribution < 1.29 is 9.60 Å². The van der Waals surface area contributed by atoms with E-state index < -0.39 is 0 Å². The van der Waals surface area contributed by atoms with Crippen LogP contribution < -0.4 is 0 Å². The highest BCUT2D eigenvalue weighted by Crippen LogP contribution is 2.27. The summed E-state index contributed by atoms with van der Waals surface area (Å²) in [6.45, 7) is 1.79. The Morgan fingerprint density at radius 3 is 2.25 bits per heavy atom. The number of nitrogens with zero attached hydrogens (tertiary/aromatic N) is 2. The number of hydrogen-bond donors (Lipinski definition) is 1. The van der Waals surface area contributed by atoms with Gasteiger partial charge in [-0.05, 0) is 31.2 Å². The van der Waals surface area contributed by atoms with Crippen molar-refractivity contribution >= 4 is 0 Å². The van der Waals surface area contributed by atoms with Crippen LogP contribution in [0.15, 0.2) is 54.6 Å². The molecule has 0 atom stereocenters. The Morgan fingerprint density at radius 2 is 1.60 bits per heavy atom. The van der Waals surface area contributed by atoms with E-state index in [4.69, 9.17) is 0 Å². The predicted molar refractivity (Wildman–Crippen MR) is 75.0 cm³/mol. The monoisotopic (exact) mass is 268 g/mol. The molecule has 0 radical (unpaired) electrons. The number of rotatable bonds is 2. The summed E-state index contributed by atoms with van der Waals surface area (Å²) in [7, 11) is 0. The van der Waals surface area contributed by atoms with Crippen LogP contribution in [0.4, 0.5) is 4.39 Å². The van der Waals surface area contributed by atoms with E-state index in [0.29, 0.717) is 22.8 Å². The zero-order chi connectivity index (χ0) is 14.1. The fourth-order valence-electron chi connectivity index (χ4n) is 2.15. The molecule has 3 aromatic rings. The highest BCUT2D eigenvalue weighted by atomic mass is 19.1. The molecule has 1 heterocycles. The average Bonchev–Trinajstić information content (AvgIpc) is 2.77. The fraction of sp³-hybridized carbons (Fsp3) is 0.0625. The lowest BCUT2D eigenvalue weighted by Gasteiger charge is -2.01. The van der Waals surface area contributed by atoms with E-state index in [2.05, 4.69) is 4.98 Å². The van der Waals surface area contributed by atoms with Gasteiger partial charge in [0.2, 0.25) is 0 Å². The minimum Gasteiger partial charge on any atom is -0.427 e. The predicted octanol–water partition coefficient (Wildman–Crippen LogP) is 3.90. The largest absolute Gasteiger partial charge is 0.427 e. The molecule has 3 nitrogen and oxygen atoms in total. The smallest absolute Gasteiger partial charge is 0.176 e. The van der Waals surface area contributed by atoms with Crippen molar-refractivity contribution in [2.24, 2.45) is 0 Å². The molecule has 0 fully saturated rings. The Labute approximate surface area is 115 Å². The molecule has 1 aromatic heterocycles. The van der Waals surface area contributed by atoms with Gasteiger partial charge in [0.05, 0.1) is 11.4 Å². The first-order valence-corrected chi connectivity index (χ1v) is 6.27. The second-order valence-electron chi connectivity index (χ2n) is 4.55. The van der Waals surface area contributed by atoms with Crippen LogP contribution in [0, 0.1) is 12.7 Å². The molecule has 0 saturated carbocycles. The van der Waals surface area contributed by atoms with Crippen molar-refractivity contribution in [3.05, 3.63) is 66.1 Å². The molecule has 0 unspecified atom stereocenters. The van der Waals surface area contributed by atoms with Crippen molar-refractivity contribution in [3.8, 4) is 22.6 Å². The molecule has 4 heteroatoms. The van der Waals surface area contributed by atoms with E-state index in [0.717, 1.165) is 10.3 Å². The zero-order valence-electron chi connectivity index (χ0n) is 10.9. The summed E-state index contributed by atoms with van der Waals surface area (Å²) in [5.41, 5.74) is 2.96. The topological polar surface area (TPSA) is 38.0 Å². The number of halogens is 1. The number of hydrogen-bond acceptors (Lipinski definition) is 2. The third kappa shape index (κ3) is 2.05. The second kappa shape index (κ2) is 4.81. The SMILES string of the molecule is Cc1c(-c2ccccc2)nc(-c2ccc(F)cc2)n1O. The van der Waals surface area contributed by atoms with Crippen LogP contribution in [-0.4, -0.2) is 14.9 Å². The molecule has 2 aromatic carbocycles. The third-order valence-corrected chi connectivity index (χ3v) is 3.23. The molecule has 0 bridgehead atoms. The van der Waals surface area contributed by atoms with Crippen LogP contribution in [0.1, 0.15) is 5.69 Å². The highest BCUT2D eigenvalue weighted by molar-refractivity contribution is 5.67. The standard InChI is InChI=1S/C16H13FN2O/c1-11-15(12-5-3-2-4-6-12)18-16(19(11)20)13-7-9-14(17)10-8-13/h2-10,20H,1H3. The summed E-state index contributed by atoms with van der Waals surface area (Å²) in [6.07, 6.45) is 0.